The number of likely N-dealkylation sites (tertiary alicyclic amines) is 1. The number of ketones is 10. The normalized spacial score (nSPS) is 11.1. The van der Waals surface area contributed by atoms with Crippen molar-refractivity contribution in [2.75, 3.05) is 40.3 Å². The van der Waals surface area contributed by atoms with E-state index in [1.807, 2.05) is 225 Å². The van der Waals surface area contributed by atoms with E-state index in [9.17, 15) is 47.9 Å². The highest BCUT2D eigenvalue weighted by atomic mass is 35.5. The maximum atomic E-state index is 11.6. The summed E-state index contributed by atoms with van der Waals surface area (Å²) in [6.45, 7) is 87.7. The molecular formula is C92H147ClN2O10. The topological polar surface area (TPSA) is 177 Å². The predicted molar refractivity (Wildman–Crippen MR) is 452 cm³/mol. The maximum Gasteiger partial charge on any atom is 0.176 e. The number of hydrogen-bond donors (Lipinski definition) is 0. The molecule has 1 saturated heterocycles. The van der Waals surface area contributed by atoms with Gasteiger partial charge in [0.05, 0.1) is 5.03 Å². The van der Waals surface area contributed by atoms with Gasteiger partial charge in [-0.25, -0.2) is 0 Å². The zero-order valence-electron chi connectivity index (χ0n) is 71.2. The molecule has 105 heavy (non-hydrogen) atoms. The third-order valence-corrected chi connectivity index (χ3v) is 15.4. The lowest BCUT2D eigenvalue weighted by Gasteiger charge is -2.27. The van der Waals surface area contributed by atoms with E-state index in [0.29, 0.717) is 35.3 Å². The van der Waals surface area contributed by atoms with E-state index in [-0.39, 0.29) is 122 Å². The molecule has 1 fully saturated rings. The van der Waals surface area contributed by atoms with Gasteiger partial charge in [-0.1, -0.05) is 317 Å². The Balaban J connectivity index is -0.000000205. The summed E-state index contributed by atoms with van der Waals surface area (Å²) in [5.41, 5.74) is 8.50. The van der Waals surface area contributed by atoms with Crippen molar-refractivity contribution in [3.05, 3.63) is 187 Å². The van der Waals surface area contributed by atoms with Gasteiger partial charge in [0.1, 0.15) is 0 Å². The lowest BCUT2D eigenvalue weighted by Crippen LogP contribution is -2.33. The van der Waals surface area contributed by atoms with Crippen LogP contribution in [0.3, 0.4) is 0 Å². The second-order valence-corrected chi connectivity index (χ2v) is 29.9. The molecule has 0 N–H and O–H groups in total. The van der Waals surface area contributed by atoms with Crippen molar-refractivity contribution in [1.82, 2.24) is 9.80 Å². The van der Waals surface area contributed by atoms with E-state index >= 15 is 0 Å². The van der Waals surface area contributed by atoms with Crippen molar-refractivity contribution < 1.29 is 47.9 Å². The summed E-state index contributed by atoms with van der Waals surface area (Å²) < 4.78 is 0. The maximum absolute atomic E-state index is 11.6. The highest BCUT2D eigenvalue weighted by Gasteiger charge is 2.19. The van der Waals surface area contributed by atoms with E-state index in [1.54, 1.807) is 20.8 Å². The molecule has 2 aromatic rings. The third-order valence-electron chi connectivity index (χ3n) is 15.3. The molecule has 1 aliphatic rings. The summed E-state index contributed by atoms with van der Waals surface area (Å²) in [5, 5.41) is 0.125. The highest BCUT2D eigenvalue weighted by Crippen LogP contribution is 2.18. The lowest BCUT2D eigenvalue weighted by atomic mass is 9.96. The quantitative estimate of drug-likeness (QED) is 0.0634. The van der Waals surface area contributed by atoms with Crippen LogP contribution in [0, 0.1) is 59.2 Å². The predicted octanol–water partition coefficient (Wildman–Crippen LogP) is 22.4. The van der Waals surface area contributed by atoms with E-state index in [4.69, 9.17) is 11.6 Å². The van der Waals surface area contributed by atoms with Crippen LogP contribution >= 0.6 is 11.6 Å². The first-order chi connectivity index (χ1) is 48.3. The highest BCUT2D eigenvalue weighted by molar-refractivity contribution is 6.42. The molecule has 1 aliphatic heterocycles. The molecule has 12 nitrogen and oxygen atoms in total. The molecule has 0 aliphatic carbocycles. The van der Waals surface area contributed by atoms with E-state index in [1.165, 1.54) is 19.3 Å². The van der Waals surface area contributed by atoms with Gasteiger partial charge in [-0.15, -0.1) is 0 Å². The fourth-order valence-corrected chi connectivity index (χ4v) is 8.81. The van der Waals surface area contributed by atoms with Crippen molar-refractivity contribution in [2.24, 2.45) is 59.2 Å². The standard InChI is InChI=1S/C13H16O.C12H21NO.C12H14O.C9H17NO.C9H16O.3C8H14O.C7H12O.C6H9ClO/c1-10(2)13(14)11(3)9-12-7-5-4-6-8-12;1-10(2)12(14)11(3)9-13-7-5-4-6-8-13;1-9(2)12(13)10(3)11-7-5-4-6-8-11;1-7(2)9(11)8(3)6-10(4)5;1-5-6-8(4)9(10)7(2)3;3*1-5-7(4)8(9)6(2)3;1-5(2)7(8)6(3)4;1-4(2)6(8)5(3)7/h4-8,10H,3,9H2,1-2H3;10H,3-9H2,1-2H3;4-9H,3H2,1-2H3;7H,3,6H2,1-2,4-5H3;7H,4-6H2,1-3H3;3*6H,4-5H2,1-3H3;6H,1H2,2-4H3;4H,3H2,1-2H3. The van der Waals surface area contributed by atoms with Crippen LogP contribution in [-0.4, -0.2) is 108 Å². The summed E-state index contributed by atoms with van der Waals surface area (Å²) in [4.78, 5) is 116. The molecule has 0 unspecified atom stereocenters. The molecule has 592 valence electrons. The zero-order chi connectivity index (χ0) is 83.9. The first kappa shape index (κ1) is 111. The van der Waals surface area contributed by atoms with Crippen LogP contribution < -0.4 is 0 Å². The Bertz CT molecular complexity index is 2970. The largest absolute Gasteiger partial charge is 0.305 e. The van der Waals surface area contributed by atoms with Crippen molar-refractivity contribution in [2.45, 2.75) is 231 Å². The first-order valence-corrected chi connectivity index (χ1v) is 38.0. The summed E-state index contributed by atoms with van der Waals surface area (Å²) in [5.74, 6) is 2.27. The summed E-state index contributed by atoms with van der Waals surface area (Å²) >= 11 is 5.28. The molecule has 3 rings (SSSR count). The SMILES string of the molecule is C=C(C(=O)C(C)C)c1ccccc1.C=C(C)C(=O)C(C)C.C=C(CC)C(=O)C(C)C.C=C(CC)C(=O)C(C)C.C=C(CC)C(=O)C(C)C.C=C(CCC)C(=O)C(C)C.C=C(CN(C)C)C(=O)C(C)C.C=C(CN1CCCCC1)C(=O)C(C)C.C=C(Cc1ccccc1)C(=O)C(C)C.C=C(Cl)C(=O)C(C)C. The molecule has 13 heteroatoms. The zero-order valence-corrected chi connectivity index (χ0v) is 71.9. The first-order valence-electron chi connectivity index (χ1n) is 37.6. The molecule has 0 atom stereocenters. The smallest absolute Gasteiger partial charge is 0.176 e. The molecule has 0 radical (unpaired) electrons. The van der Waals surface area contributed by atoms with Crippen LogP contribution in [-0.2, 0) is 54.4 Å². The number of benzene rings is 2. The molecular weight excluding hydrogens is 1330 g/mol. The molecule has 0 saturated carbocycles. The van der Waals surface area contributed by atoms with Crippen LogP contribution in [0.25, 0.3) is 5.57 Å². The molecule has 2 aromatic carbocycles. The van der Waals surface area contributed by atoms with E-state index < -0.39 is 0 Å². The summed E-state index contributed by atoms with van der Waals surface area (Å²) in [6.07, 6.45) is 8.71. The van der Waals surface area contributed by atoms with Crippen LogP contribution in [0.1, 0.15) is 236 Å². The Labute approximate surface area is 646 Å². The number of Topliss-reactive ketones (excluding diaryl/α,β-unsaturated/α-hetero) is 10. The van der Waals surface area contributed by atoms with Crippen LogP contribution in [0.15, 0.2) is 176 Å². The number of nitrogens with zero attached hydrogens (tertiary/aromatic N) is 2. The van der Waals surface area contributed by atoms with Crippen molar-refractivity contribution in [1.29, 1.82) is 0 Å². The van der Waals surface area contributed by atoms with Gasteiger partial charge in [0.25, 0.3) is 0 Å². The number of piperidine rings is 1. The monoisotopic (exact) mass is 1480 g/mol. The van der Waals surface area contributed by atoms with Gasteiger partial charge < -0.3 is 4.90 Å². The van der Waals surface area contributed by atoms with Gasteiger partial charge in [-0.2, -0.15) is 0 Å². The summed E-state index contributed by atoms with van der Waals surface area (Å²) in [7, 11) is 3.86. The van der Waals surface area contributed by atoms with Crippen LogP contribution in [0.5, 0.6) is 0 Å². The lowest BCUT2D eigenvalue weighted by molar-refractivity contribution is -0.119. The Morgan fingerprint density at radius 2 is 0.657 bits per heavy atom. The average molecular weight is 1480 g/mol. The Kier molecular flexibility index (Phi) is 67.7. The van der Waals surface area contributed by atoms with Crippen LogP contribution in [0.2, 0.25) is 0 Å². The molecule has 0 bridgehead atoms. The number of rotatable bonds is 32. The van der Waals surface area contributed by atoms with Gasteiger partial charge >= 0.3 is 0 Å². The second-order valence-electron chi connectivity index (χ2n) is 29.5. The van der Waals surface area contributed by atoms with Crippen molar-refractivity contribution >= 4 is 75.0 Å². The van der Waals surface area contributed by atoms with Gasteiger partial charge in [0, 0.05) is 95.4 Å². The number of carbonyl (C=O) groups is 10. The minimum atomic E-state index is -0.0772. The van der Waals surface area contributed by atoms with Crippen molar-refractivity contribution in [3.8, 4) is 0 Å². The third kappa shape index (κ3) is 58.6. The number of halogens is 1. The Morgan fingerprint density at radius 1 is 0.371 bits per heavy atom. The number of hydrogen-bond acceptors (Lipinski definition) is 12. The number of carbonyl (C=O) groups excluding carboxylic acids is 10. The minimum absolute atomic E-state index is 0.0210. The molecule has 0 aromatic heterocycles. The van der Waals surface area contributed by atoms with Crippen molar-refractivity contribution in [3.63, 3.8) is 0 Å². The van der Waals surface area contributed by atoms with E-state index in [0.717, 1.165) is 90.7 Å². The van der Waals surface area contributed by atoms with Gasteiger partial charge in [-0.05, 0) is 117 Å². The Hall–Kier alpha value is -7.25. The number of likely N-dealkylation sites (N-methyl/N-ethyl adjacent to an activating group) is 1. The molecule has 1 heterocycles. The van der Waals surface area contributed by atoms with Crippen LogP contribution in [0.4, 0.5) is 0 Å². The van der Waals surface area contributed by atoms with Gasteiger partial charge in [0.2, 0.25) is 0 Å². The summed E-state index contributed by atoms with van der Waals surface area (Å²) in [6, 6.07) is 19.5. The average Bonchev–Trinajstić information content (AvgIpc) is 1.09. The Morgan fingerprint density at radius 3 is 0.905 bits per heavy atom. The van der Waals surface area contributed by atoms with Gasteiger partial charge in [-0.3, -0.25) is 52.8 Å². The number of allylic oxidation sites excluding steroid dienone is 8. The fourth-order valence-electron chi connectivity index (χ4n) is 8.60. The minimum Gasteiger partial charge on any atom is -0.305 e. The fraction of sp³-hybridized carbons (Fsp3) is 0.543. The molecule has 0 amide bonds. The molecule has 0 spiro atoms. The van der Waals surface area contributed by atoms with E-state index in [2.05, 4.69) is 77.6 Å². The van der Waals surface area contributed by atoms with Gasteiger partial charge in [0.15, 0.2) is 57.8 Å². The second kappa shape index (κ2) is 64.0.